The number of methoxy groups -OCH3 is 3. The Morgan fingerprint density at radius 1 is 1.08 bits per heavy atom. The third kappa shape index (κ3) is 3.80. The Balaban J connectivity index is 1.92. The molecule has 0 spiro atoms. The fourth-order valence-electron chi connectivity index (χ4n) is 3.74. The molecule has 0 N–H and O–H groups in total. The molecule has 142 valence electrons. The Labute approximate surface area is 155 Å². The zero-order chi connectivity index (χ0) is 18.5. The van der Waals surface area contributed by atoms with Crippen molar-refractivity contribution in [3.05, 3.63) is 35.2 Å². The number of benzene rings is 1. The van der Waals surface area contributed by atoms with Crippen LogP contribution in [0.1, 0.15) is 48.7 Å². The SMILES string of the molecule is COc1ccc(CN2CCCCC[C@@H]2c2cc(C)on2)c(OC)c1OC. The van der Waals surface area contributed by atoms with Crippen LogP contribution in [-0.2, 0) is 6.54 Å². The van der Waals surface area contributed by atoms with Crippen LogP contribution in [0.25, 0.3) is 0 Å². The van der Waals surface area contributed by atoms with Crippen molar-refractivity contribution < 1.29 is 18.7 Å². The van der Waals surface area contributed by atoms with Gasteiger partial charge in [0.15, 0.2) is 11.5 Å². The quantitative estimate of drug-likeness (QED) is 0.772. The molecule has 1 aliphatic rings. The van der Waals surface area contributed by atoms with Crippen LogP contribution in [0.2, 0.25) is 0 Å². The van der Waals surface area contributed by atoms with Gasteiger partial charge in [0.05, 0.1) is 27.4 Å². The van der Waals surface area contributed by atoms with E-state index in [-0.39, 0.29) is 6.04 Å². The van der Waals surface area contributed by atoms with Crippen molar-refractivity contribution in [2.75, 3.05) is 27.9 Å². The van der Waals surface area contributed by atoms with Crippen LogP contribution in [0.3, 0.4) is 0 Å². The van der Waals surface area contributed by atoms with Crippen molar-refractivity contribution in [1.82, 2.24) is 10.1 Å². The topological polar surface area (TPSA) is 57.0 Å². The summed E-state index contributed by atoms with van der Waals surface area (Å²) in [5.41, 5.74) is 2.10. The Bertz CT molecular complexity index is 729. The third-order valence-electron chi connectivity index (χ3n) is 5.01. The van der Waals surface area contributed by atoms with Crippen LogP contribution < -0.4 is 14.2 Å². The zero-order valence-corrected chi connectivity index (χ0v) is 16.1. The molecule has 0 radical (unpaired) electrons. The lowest BCUT2D eigenvalue weighted by atomic mass is 10.0. The highest BCUT2D eigenvalue weighted by molar-refractivity contribution is 5.55. The maximum Gasteiger partial charge on any atom is 0.203 e. The molecule has 3 rings (SSSR count). The van der Waals surface area contributed by atoms with Crippen molar-refractivity contribution >= 4 is 0 Å². The average Bonchev–Trinajstić information content (AvgIpc) is 2.95. The highest BCUT2D eigenvalue weighted by Crippen LogP contribution is 2.41. The van der Waals surface area contributed by atoms with Gasteiger partial charge >= 0.3 is 0 Å². The molecule has 1 aromatic carbocycles. The van der Waals surface area contributed by atoms with Gasteiger partial charge in [-0.05, 0) is 32.4 Å². The van der Waals surface area contributed by atoms with E-state index in [4.69, 9.17) is 18.7 Å². The van der Waals surface area contributed by atoms with Gasteiger partial charge in [0.1, 0.15) is 11.5 Å². The number of hydrogen-bond donors (Lipinski definition) is 0. The summed E-state index contributed by atoms with van der Waals surface area (Å²) in [4.78, 5) is 2.47. The maximum atomic E-state index is 5.66. The molecule has 2 aromatic rings. The molecule has 1 aliphatic heterocycles. The van der Waals surface area contributed by atoms with Crippen molar-refractivity contribution in [3.63, 3.8) is 0 Å². The van der Waals surface area contributed by atoms with Gasteiger partial charge in [-0.1, -0.05) is 24.1 Å². The Morgan fingerprint density at radius 3 is 2.54 bits per heavy atom. The summed E-state index contributed by atoms with van der Waals surface area (Å²) in [6.07, 6.45) is 4.72. The maximum absolute atomic E-state index is 5.66. The number of rotatable bonds is 6. The highest BCUT2D eigenvalue weighted by atomic mass is 16.5. The number of hydrogen-bond acceptors (Lipinski definition) is 6. The number of aryl methyl sites for hydroxylation is 1. The van der Waals surface area contributed by atoms with Crippen LogP contribution in [0.5, 0.6) is 17.2 Å². The largest absolute Gasteiger partial charge is 0.493 e. The van der Waals surface area contributed by atoms with E-state index in [0.717, 1.165) is 42.3 Å². The van der Waals surface area contributed by atoms with Gasteiger partial charge in [0.25, 0.3) is 0 Å². The summed E-state index contributed by atoms with van der Waals surface area (Å²) in [7, 11) is 4.94. The van der Waals surface area contributed by atoms with E-state index in [9.17, 15) is 0 Å². The molecule has 2 heterocycles. The van der Waals surface area contributed by atoms with Gasteiger partial charge in [-0.3, -0.25) is 4.90 Å². The molecule has 0 saturated carbocycles. The molecule has 1 saturated heterocycles. The second-order valence-electron chi connectivity index (χ2n) is 6.69. The second-order valence-corrected chi connectivity index (χ2v) is 6.69. The minimum absolute atomic E-state index is 0.257. The first-order valence-electron chi connectivity index (χ1n) is 9.13. The van der Waals surface area contributed by atoms with Crippen LogP contribution in [0.4, 0.5) is 0 Å². The molecular weight excluding hydrogens is 332 g/mol. The van der Waals surface area contributed by atoms with Crippen LogP contribution in [-0.4, -0.2) is 37.9 Å². The molecule has 1 atom stereocenters. The summed E-state index contributed by atoms with van der Waals surface area (Å²) >= 11 is 0. The van der Waals surface area contributed by atoms with Crippen LogP contribution in [0.15, 0.2) is 22.7 Å². The number of ether oxygens (including phenoxy) is 3. The lowest BCUT2D eigenvalue weighted by molar-refractivity contribution is 0.181. The molecule has 0 aliphatic carbocycles. The second kappa shape index (κ2) is 8.45. The molecule has 0 amide bonds. The predicted molar refractivity (Wildman–Crippen MR) is 99.0 cm³/mol. The molecule has 6 heteroatoms. The van der Waals surface area contributed by atoms with Crippen molar-refractivity contribution in [1.29, 1.82) is 0 Å². The Kier molecular flexibility index (Phi) is 6.04. The first-order valence-corrected chi connectivity index (χ1v) is 9.13. The van der Waals surface area contributed by atoms with E-state index >= 15 is 0 Å². The van der Waals surface area contributed by atoms with E-state index in [1.807, 2.05) is 13.0 Å². The van der Waals surface area contributed by atoms with Gasteiger partial charge < -0.3 is 18.7 Å². The average molecular weight is 360 g/mol. The summed E-state index contributed by atoms with van der Waals surface area (Å²) in [6, 6.07) is 6.29. The molecule has 1 fully saturated rings. The van der Waals surface area contributed by atoms with Gasteiger partial charge in [0.2, 0.25) is 5.75 Å². The molecule has 0 bridgehead atoms. The zero-order valence-electron chi connectivity index (χ0n) is 16.1. The minimum atomic E-state index is 0.257. The minimum Gasteiger partial charge on any atom is -0.493 e. The molecule has 26 heavy (non-hydrogen) atoms. The molecule has 1 aromatic heterocycles. The first kappa shape index (κ1) is 18.6. The van der Waals surface area contributed by atoms with Crippen molar-refractivity contribution in [2.24, 2.45) is 0 Å². The van der Waals surface area contributed by atoms with Gasteiger partial charge in [-0.25, -0.2) is 0 Å². The van der Waals surface area contributed by atoms with E-state index < -0.39 is 0 Å². The van der Waals surface area contributed by atoms with Gasteiger partial charge in [0, 0.05) is 18.2 Å². The van der Waals surface area contributed by atoms with E-state index in [2.05, 4.69) is 22.2 Å². The first-order chi connectivity index (χ1) is 12.7. The van der Waals surface area contributed by atoms with E-state index in [1.54, 1.807) is 21.3 Å². The monoisotopic (exact) mass is 360 g/mol. The van der Waals surface area contributed by atoms with Crippen LogP contribution in [0, 0.1) is 6.92 Å². The summed E-state index contributed by atoms with van der Waals surface area (Å²) in [6.45, 7) is 3.73. The smallest absolute Gasteiger partial charge is 0.203 e. The Morgan fingerprint density at radius 2 is 1.88 bits per heavy atom. The summed E-state index contributed by atoms with van der Waals surface area (Å²) in [5.74, 6) is 2.89. The van der Waals surface area contributed by atoms with Gasteiger partial charge in [-0.15, -0.1) is 0 Å². The van der Waals surface area contributed by atoms with Crippen LogP contribution >= 0.6 is 0 Å². The lowest BCUT2D eigenvalue weighted by Gasteiger charge is -2.29. The van der Waals surface area contributed by atoms with Gasteiger partial charge in [-0.2, -0.15) is 0 Å². The van der Waals surface area contributed by atoms with Crippen molar-refractivity contribution in [3.8, 4) is 17.2 Å². The Hall–Kier alpha value is -2.21. The fourth-order valence-corrected chi connectivity index (χ4v) is 3.74. The highest BCUT2D eigenvalue weighted by Gasteiger charge is 2.27. The normalized spacial score (nSPS) is 18.4. The standard InChI is InChI=1S/C20H28N2O4/c1-14-12-16(21-26-14)17-8-6-5-7-11-22(17)13-15-9-10-18(23-2)20(25-4)19(15)24-3/h9-10,12,17H,5-8,11,13H2,1-4H3/t17-/m1/s1. The van der Waals surface area contributed by atoms with E-state index in [0.29, 0.717) is 11.5 Å². The number of aromatic nitrogens is 1. The predicted octanol–water partition coefficient (Wildman–Crippen LogP) is 4.13. The van der Waals surface area contributed by atoms with Crippen molar-refractivity contribution in [2.45, 2.75) is 45.2 Å². The molecule has 0 unspecified atom stereocenters. The summed E-state index contributed by atoms with van der Waals surface area (Å²) < 4.78 is 21.9. The molecular formula is C20H28N2O4. The third-order valence-corrected chi connectivity index (χ3v) is 5.01. The molecule has 6 nitrogen and oxygen atoms in total. The summed E-state index contributed by atoms with van der Waals surface area (Å²) in [5, 5.41) is 4.28. The fraction of sp³-hybridized carbons (Fsp3) is 0.550. The number of likely N-dealkylation sites (tertiary alicyclic amines) is 1. The number of nitrogens with zero attached hydrogens (tertiary/aromatic N) is 2. The lowest BCUT2D eigenvalue weighted by Crippen LogP contribution is -2.28. The van der Waals surface area contributed by atoms with E-state index in [1.165, 1.54) is 19.3 Å².